The van der Waals surface area contributed by atoms with Gasteiger partial charge in [-0.2, -0.15) is 0 Å². The SMILES string of the molecule is CC(=O)c1ccc(C=CC(N)=O)c(N)c1. The van der Waals surface area contributed by atoms with Gasteiger partial charge in [0.25, 0.3) is 0 Å². The molecular formula is C11H12N2O2. The van der Waals surface area contributed by atoms with Gasteiger partial charge in [0.05, 0.1) is 0 Å². The Balaban J connectivity index is 3.03. The average Bonchev–Trinajstić information content (AvgIpc) is 2.15. The first-order valence-electron chi connectivity index (χ1n) is 4.38. The van der Waals surface area contributed by atoms with Crippen LogP contribution in [-0.4, -0.2) is 11.7 Å². The van der Waals surface area contributed by atoms with Crippen molar-refractivity contribution in [3.8, 4) is 0 Å². The normalized spacial score (nSPS) is 10.5. The number of nitrogen functional groups attached to an aromatic ring is 1. The molecule has 0 aromatic heterocycles. The fraction of sp³-hybridized carbons (Fsp3) is 0.0909. The highest BCUT2D eigenvalue weighted by Crippen LogP contribution is 2.16. The first kappa shape index (κ1) is 11.0. The van der Waals surface area contributed by atoms with Crippen LogP contribution in [0.2, 0.25) is 0 Å². The second-order valence-corrected chi connectivity index (χ2v) is 3.14. The summed E-state index contributed by atoms with van der Waals surface area (Å²) >= 11 is 0. The third-order valence-corrected chi connectivity index (χ3v) is 1.92. The summed E-state index contributed by atoms with van der Waals surface area (Å²) in [7, 11) is 0. The molecule has 1 aromatic rings. The molecule has 0 saturated heterocycles. The number of primary amides is 1. The number of Topliss-reactive ketones (excluding diaryl/α,β-unsaturated/α-hetero) is 1. The van der Waals surface area contributed by atoms with Gasteiger partial charge in [0.2, 0.25) is 5.91 Å². The first-order chi connectivity index (χ1) is 7.00. The standard InChI is InChI=1S/C11H12N2O2/c1-7(14)9-3-2-8(10(12)6-9)4-5-11(13)15/h2-6H,12H2,1H3,(H2,13,15). The summed E-state index contributed by atoms with van der Waals surface area (Å²) in [6, 6.07) is 4.90. The van der Waals surface area contributed by atoms with Crippen molar-refractivity contribution in [2.45, 2.75) is 6.92 Å². The zero-order valence-corrected chi connectivity index (χ0v) is 8.36. The lowest BCUT2D eigenvalue weighted by Crippen LogP contribution is -2.05. The summed E-state index contributed by atoms with van der Waals surface area (Å²) in [6.45, 7) is 1.47. The molecule has 0 aliphatic rings. The summed E-state index contributed by atoms with van der Waals surface area (Å²) in [4.78, 5) is 21.5. The Bertz CT molecular complexity index is 436. The molecule has 0 aliphatic heterocycles. The van der Waals surface area contributed by atoms with Crippen molar-refractivity contribution in [3.05, 3.63) is 35.4 Å². The van der Waals surface area contributed by atoms with Crippen LogP contribution in [0.25, 0.3) is 6.08 Å². The van der Waals surface area contributed by atoms with E-state index in [4.69, 9.17) is 11.5 Å². The van der Waals surface area contributed by atoms with Crippen LogP contribution in [0.4, 0.5) is 5.69 Å². The van der Waals surface area contributed by atoms with Gasteiger partial charge in [-0.3, -0.25) is 9.59 Å². The summed E-state index contributed by atoms with van der Waals surface area (Å²) in [6.07, 6.45) is 2.74. The van der Waals surface area contributed by atoms with Crippen LogP contribution in [0.3, 0.4) is 0 Å². The van der Waals surface area contributed by atoms with E-state index in [0.717, 1.165) is 0 Å². The lowest BCUT2D eigenvalue weighted by atomic mass is 10.1. The predicted molar refractivity (Wildman–Crippen MR) is 59.1 cm³/mol. The van der Waals surface area contributed by atoms with Crippen molar-refractivity contribution in [2.24, 2.45) is 5.73 Å². The Hall–Kier alpha value is -2.10. The Morgan fingerprint density at radius 2 is 2.00 bits per heavy atom. The molecule has 0 unspecified atom stereocenters. The van der Waals surface area contributed by atoms with Crippen molar-refractivity contribution >= 4 is 23.5 Å². The van der Waals surface area contributed by atoms with Crippen molar-refractivity contribution in [1.29, 1.82) is 0 Å². The number of ketones is 1. The maximum Gasteiger partial charge on any atom is 0.241 e. The van der Waals surface area contributed by atoms with Gasteiger partial charge in [-0.15, -0.1) is 0 Å². The highest BCUT2D eigenvalue weighted by atomic mass is 16.1. The summed E-state index contributed by atoms with van der Waals surface area (Å²) < 4.78 is 0. The molecule has 0 heterocycles. The number of carbonyl (C=O) groups excluding carboxylic acids is 2. The number of carbonyl (C=O) groups is 2. The number of anilines is 1. The van der Waals surface area contributed by atoms with Crippen LogP contribution in [0.1, 0.15) is 22.8 Å². The average molecular weight is 204 g/mol. The Morgan fingerprint density at radius 3 is 2.47 bits per heavy atom. The molecule has 78 valence electrons. The molecular weight excluding hydrogens is 192 g/mol. The molecule has 1 amide bonds. The first-order valence-corrected chi connectivity index (χ1v) is 4.38. The second-order valence-electron chi connectivity index (χ2n) is 3.14. The molecule has 0 spiro atoms. The fourth-order valence-electron chi connectivity index (χ4n) is 1.12. The van der Waals surface area contributed by atoms with Gasteiger partial charge in [-0.05, 0) is 24.6 Å². The Labute approximate surface area is 87.6 Å². The van der Waals surface area contributed by atoms with Gasteiger partial charge < -0.3 is 11.5 Å². The molecule has 0 fully saturated rings. The molecule has 1 aromatic carbocycles. The van der Waals surface area contributed by atoms with Crippen LogP contribution in [0, 0.1) is 0 Å². The molecule has 0 aliphatic carbocycles. The van der Waals surface area contributed by atoms with E-state index >= 15 is 0 Å². The molecule has 1 rings (SSSR count). The molecule has 15 heavy (non-hydrogen) atoms. The highest BCUT2D eigenvalue weighted by molar-refractivity contribution is 5.96. The van der Waals surface area contributed by atoms with Gasteiger partial charge >= 0.3 is 0 Å². The third-order valence-electron chi connectivity index (χ3n) is 1.92. The quantitative estimate of drug-likeness (QED) is 0.437. The summed E-state index contributed by atoms with van der Waals surface area (Å²) in [5, 5.41) is 0. The zero-order chi connectivity index (χ0) is 11.4. The van der Waals surface area contributed by atoms with Crippen LogP contribution >= 0.6 is 0 Å². The van der Waals surface area contributed by atoms with Crippen LogP contribution in [0.5, 0.6) is 0 Å². The van der Waals surface area contributed by atoms with E-state index in [1.807, 2.05) is 0 Å². The largest absolute Gasteiger partial charge is 0.398 e. The minimum atomic E-state index is -0.537. The topological polar surface area (TPSA) is 86.2 Å². The minimum absolute atomic E-state index is 0.0490. The van der Waals surface area contributed by atoms with Crippen LogP contribution in [-0.2, 0) is 4.79 Å². The van der Waals surface area contributed by atoms with E-state index in [-0.39, 0.29) is 5.78 Å². The predicted octanol–water partition coefficient (Wildman–Crippen LogP) is 0.970. The number of rotatable bonds is 3. The van der Waals surface area contributed by atoms with Gasteiger partial charge in [0.15, 0.2) is 5.78 Å². The molecule has 0 atom stereocenters. The van der Waals surface area contributed by atoms with E-state index in [2.05, 4.69) is 0 Å². The number of hydrogen-bond acceptors (Lipinski definition) is 3. The van der Waals surface area contributed by atoms with Gasteiger partial charge in [0, 0.05) is 17.3 Å². The molecule has 0 saturated carbocycles. The molecule has 4 nitrogen and oxygen atoms in total. The van der Waals surface area contributed by atoms with Crippen LogP contribution in [0.15, 0.2) is 24.3 Å². The maximum atomic E-state index is 11.0. The van der Waals surface area contributed by atoms with Gasteiger partial charge in [-0.25, -0.2) is 0 Å². The fourth-order valence-corrected chi connectivity index (χ4v) is 1.12. The van der Waals surface area contributed by atoms with Crippen molar-refractivity contribution in [3.63, 3.8) is 0 Å². The smallest absolute Gasteiger partial charge is 0.241 e. The lowest BCUT2D eigenvalue weighted by molar-refractivity contribution is -0.113. The Kier molecular flexibility index (Phi) is 3.23. The van der Waals surface area contributed by atoms with E-state index in [9.17, 15) is 9.59 Å². The number of benzene rings is 1. The number of hydrogen-bond donors (Lipinski definition) is 2. The monoisotopic (exact) mass is 204 g/mol. The van der Waals surface area contributed by atoms with E-state index in [1.54, 1.807) is 18.2 Å². The van der Waals surface area contributed by atoms with E-state index in [1.165, 1.54) is 19.1 Å². The van der Waals surface area contributed by atoms with E-state index < -0.39 is 5.91 Å². The van der Waals surface area contributed by atoms with Crippen molar-refractivity contribution < 1.29 is 9.59 Å². The number of nitrogens with two attached hydrogens (primary N) is 2. The molecule has 0 bridgehead atoms. The van der Waals surface area contributed by atoms with Crippen LogP contribution < -0.4 is 11.5 Å². The van der Waals surface area contributed by atoms with Gasteiger partial charge in [-0.1, -0.05) is 12.1 Å². The minimum Gasteiger partial charge on any atom is -0.398 e. The van der Waals surface area contributed by atoms with Gasteiger partial charge in [0.1, 0.15) is 0 Å². The lowest BCUT2D eigenvalue weighted by Gasteiger charge is -2.02. The second kappa shape index (κ2) is 4.41. The highest BCUT2D eigenvalue weighted by Gasteiger charge is 2.01. The summed E-state index contributed by atoms with van der Waals surface area (Å²) in [5.74, 6) is -0.586. The molecule has 4 heteroatoms. The van der Waals surface area contributed by atoms with Crippen molar-refractivity contribution in [1.82, 2.24) is 0 Å². The summed E-state index contributed by atoms with van der Waals surface area (Å²) in [5.41, 5.74) is 12.3. The van der Waals surface area contributed by atoms with E-state index in [0.29, 0.717) is 16.8 Å². The van der Waals surface area contributed by atoms with Crippen molar-refractivity contribution in [2.75, 3.05) is 5.73 Å². The zero-order valence-electron chi connectivity index (χ0n) is 8.36. The Morgan fingerprint density at radius 1 is 1.33 bits per heavy atom. The molecule has 0 radical (unpaired) electrons. The third kappa shape index (κ3) is 2.95. The number of amides is 1. The molecule has 4 N–H and O–H groups in total. The maximum absolute atomic E-state index is 11.0.